The first-order chi connectivity index (χ1) is 10.8. The molecule has 0 aliphatic carbocycles. The summed E-state index contributed by atoms with van der Waals surface area (Å²) in [6, 6.07) is 15.7. The van der Waals surface area contributed by atoms with E-state index in [0.29, 0.717) is 0 Å². The number of methoxy groups -OCH3 is 1. The number of hydrazine groups is 1. The molecule has 2 N–H and O–H groups in total. The molecule has 0 unspecified atom stereocenters. The van der Waals surface area contributed by atoms with Crippen LogP contribution in [0, 0.1) is 0 Å². The Morgan fingerprint density at radius 3 is 2.52 bits per heavy atom. The van der Waals surface area contributed by atoms with Crippen LogP contribution in [0.15, 0.2) is 59.7 Å². The standard InChI is InChI=1S/C17H14N4O.ClH/c1-22-12-8-6-11(7-9-12)17-19-15-10-18-14-5-3-2-4-13(14)16(15)20-21-17;/h2-10,20H,1H3,(H,19,21);1H. The van der Waals surface area contributed by atoms with E-state index < -0.39 is 0 Å². The number of halogens is 1. The van der Waals surface area contributed by atoms with Gasteiger partial charge in [0.25, 0.3) is 0 Å². The quantitative estimate of drug-likeness (QED) is 0.754. The number of anilines is 1. The number of rotatable bonds is 2. The first-order valence-electron chi connectivity index (χ1n) is 6.98. The van der Waals surface area contributed by atoms with Gasteiger partial charge in [0.2, 0.25) is 0 Å². The number of nitrogens with one attached hydrogen (secondary N) is 2. The number of aromatic nitrogens is 1. The SMILES string of the molecule is COc1ccc(C2=Nc3cnc4ccccc4c3NN2)cc1.Cl. The highest BCUT2D eigenvalue weighted by Gasteiger charge is 2.15. The van der Waals surface area contributed by atoms with Crippen LogP contribution in [0.4, 0.5) is 11.4 Å². The van der Waals surface area contributed by atoms with Crippen LogP contribution in [0.3, 0.4) is 0 Å². The first-order valence-corrected chi connectivity index (χ1v) is 6.98. The second-order valence-electron chi connectivity index (χ2n) is 4.97. The highest BCUT2D eigenvalue weighted by atomic mass is 35.5. The molecule has 0 saturated carbocycles. The monoisotopic (exact) mass is 326 g/mol. The van der Waals surface area contributed by atoms with Gasteiger partial charge in [0.1, 0.15) is 11.4 Å². The average Bonchev–Trinajstić information content (AvgIpc) is 2.61. The third-order valence-electron chi connectivity index (χ3n) is 3.66. The summed E-state index contributed by atoms with van der Waals surface area (Å²) >= 11 is 0. The maximum absolute atomic E-state index is 5.18. The van der Waals surface area contributed by atoms with Gasteiger partial charge in [-0.3, -0.25) is 15.8 Å². The van der Waals surface area contributed by atoms with E-state index in [9.17, 15) is 0 Å². The topological polar surface area (TPSA) is 58.5 Å². The Bertz CT molecular complexity index is 877. The molecule has 1 aliphatic rings. The van der Waals surface area contributed by atoms with Crippen LogP contribution >= 0.6 is 12.4 Å². The molecule has 3 aromatic rings. The zero-order valence-corrected chi connectivity index (χ0v) is 13.2. The van der Waals surface area contributed by atoms with E-state index in [2.05, 4.69) is 20.8 Å². The van der Waals surface area contributed by atoms with Gasteiger partial charge in [0.05, 0.1) is 24.5 Å². The van der Waals surface area contributed by atoms with Gasteiger partial charge >= 0.3 is 0 Å². The van der Waals surface area contributed by atoms with Crippen LogP contribution in [0.1, 0.15) is 5.56 Å². The molecule has 0 saturated heterocycles. The van der Waals surface area contributed by atoms with Crippen LogP contribution in [0.25, 0.3) is 10.9 Å². The third kappa shape index (κ3) is 2.66. The van der Waals surface area contributed by atoms with Crippen LogP contribution in [-0.4, -0.2) is 17.9 Å². The lowest BCUT2D eigenvalue weighted by Crippen LogP contribution is -2.32. The summed E-state index contributed by atoms with van der Waals surface area (Å²) in [6.07, 6.45) is 1.79. The van der Waals surface area contributed by atoms with Crippen molar-refractivity contribution in [2.24, 2.45) is 4.99 Å². The van der Waals surface area contributed by atoms with Crippen LogP contribution in [0.2, 0.25) is 0 Å². The lowest BCUT2D eigenvalue weighted by atomic mass is 10.1. The summed E-state index contributed by atoms with van der Waals surface area (Å²) in [4.78, 5) is 9.12. The van der Waals surface area contributed by atoms with Gasteiger partial charge in [-0.15, -0.1) is 12.4 Å². The summed E-state index contributed by atoms with van der Waals surface area (Å²) in [5.74, 6) is 1.58. The first kappa shape index (κ1) is 15.1. The van der Waals surface area contributed by atoms with Crippen molar-refractivity contribution in [1.29, 1.82) is 0 Å². The zero-order valence-electron chi connectivity index (χ0n) is 12.4. The van der Waals surface area contributed by atoms with Gasteiger partial charge < -0.3 is 4.74 Å². The van der Waals surface area contributed by atoms with E-state index in [-0.39, 0.29) is 12.4 Å². The van der Waals surface area contributed by atoms with Crippen molar-refractivity contribution >= 4 is 40.5 Å². The van der Waals surface area contributed by atoms with Gasteiger partial charge in [-0.05, 0) is 30.3 Å². The number of hydrogen-bond donors (Lipinski definition) is 2. The summed E-state index contributed by atoms with van der Waals surface area (Å²) in [5, 5.41) is 1.05. The summed E-state index contributed by atoms with van der Waals surface area (Å²) in [5.41, 5.74) is 10.1. The fourth-order valence-corrected chi connectivity index (χ4v) is 2.50. The number of benzene rings is 2. The number of hydrogen-bond acceptors (Lipinski definition) is 5. The molecular weight excluding hydrogens is 312 g/mol. The molecule has 4 rings (SSSR count). The third-order valence-corrected chi connectivity index (χ3v) is 3.66. The predicted molar refractivity (Wildman–Crippen MR) is 94.9 cm³/mol. The molecule has 2 heterocycles. The second-order valence-corrected chi connectivity index (χ2v) is 4.97. The Balaban J connectivity index is 0.00000156. The van der Waals surface area contributed by atoms with E-state index in [1.165, 1.54) is 0 Å². The maximum atomic E-state index is 5.18. The van der Waals surface area contributed by atoms with Gasteiger partial charge in [0, 0.05) is 10.9 Å². The zero-order chi connectivity index (χ0) is 14.9. The van der Waals surface area contributed by atoms with E-state index in [4.69, 9.17) is 4.74 Å². The van der Waals surface area contributed by atoms with Crippen molar-refractivity contribution in [2.75, 3.05) is 12.5 Å². The molecule has 2 aromatic carbocycles. The number of amidine groups is 1. The highest BCUT2D eigenvalue weighted by Crippen LogP contribution is 2.33. The molecule has 0 fully saturated rings. The molecule has 0 spiro atoms. The molecule has 23 heavy (non-hydrogen) atoms. The molecule has 0 atom stereocenters. The molecule has 0 bridgehead atoms. The lowest BCUT2D eigenvalue weighted by molar-refractivity contribution is 0.415. The van der Waals surface area contributed by atoms with E-state index in [1.54, 1.807) is 13.3 Å². The second kappa shape index (κ2) is 6.14. The molecule has 1 aromatic heterocycles. The molecule has 116 valence electrons. The normalized spacial score (nSPS) is 12.3. The number of fused-ring (bicyclic) bond motifs is 3. The smallest absolute Gasteiger partial charge is 0.152 e. The average molecular weight is 327 g/mol. The molecular formula is C17H15ClN4O. The molecule has 0 radical (unpaired) electrons. The predicted octanol–water partition coefficient (Wildman–Crippen LogP) is 3.67. The van der Waals surface area contributed by atoms with E-state index in [0.717, 1.165) is 39.4 Å². The molecule has 1 aliphatic heterocycles. The van der Waals surface area contributed by atoms with Crippen molar-refractivity contribution in [3.63, 3.8) is 0 Å². The van der Waals surface area contributed by atoms with Gasteiger partial charge in [-0.2, -0.15) is 0 Å². The number of pyridine rings is 1. The summed E-state index contributed by atoms with van der Waals surface area (Å²) in [7, 11) is 1.65. The van der Waals surface area contributed by atoms with E-state index >= 15 is 0 Å². The minimum Gasteiger partial charge on any atom is -0.497 e. The summed E-state index contributed by atoms with van der Waals surface area (Å²) < 4.78 is 5.18. The largest absolute Gasteiger partial charge is 0.497 e. The maximum Gasteiger partial charge on any atom is 0.152 e. The van der Waals surface area contributed by atoms with Crippen molar-refractivity contribution < 1.29 is 4.74 Å². The van der Waals surface area contributed by atoms with Crippen LogP contribution in [-0.2, 0) is 0 Å². The van der Waals surface area contributed by atoms with Gasteiger partial charge in [-0.1, -0.05) is 18.2 Å². The fraction of sp³-hybridized carbons (Fsp3) is 0.0588. The summed E-state index contributed by atoms with van der Waals surface area (Å²) in [6.45, 7) is 0. The van der Waals surface area contributed by atoms with Gasteiger partial charge in [-0.25, -0.2) is 4.99 Å². The molecule has 0 amide bonds. The Labute approximate surface area is 139 Å². The highest BCUT2D eigenvalue weighted by molar-refractivity contribution is 6.07. The van der Waals surface area contributed by atoms with Crippen molar-refractivity contribution in [3.05, 3.63) is 60.3 Å². The minimum atomic E-state index is 0. The minimum absolute atomic E-state index is 0. The van der Waals surface area contributed by atoms with Crippen molar-refractivity contribution in [2.45, 2.75) is 0 Å². The van der Waals surface area contributed by atoms with Crippen LogP contribution in [0.5, 0.6) is 5.75 Å². The molecule has 5 nitrogen and oxygen atoms in total. The number of para-hydroxylation sites is 1. The Morgan fingerprint density at radius 1 is 0.957 bits per heavy atom. The Hall–Kier alpha value is -2.79. The van der Waals surface area contributed by atoms with Crippen molar-refractivity contribution in [1.82, 2.24) is 10.4 Å². The number of ether oxygens (including phenoxy) is 1. The Morgan fingerprint density at radius 2 is 1.74 bits per heavy atom. The Kier molecular flexibility index (Phi) is 4.04. The number of nitrogens with zero attached hydrogens (tertiary/aromatic N) is 2. The fourth-order valence-electron chi connectivity index (χ4n) is 2.50. The lowest BCUT2D eigenvalue weighted by Gasteiger charge is -2.20. The van der Waals surface area contributed by atoms with Gasteiger partial charge in [0.15, 0.2) is 5.84 Å². The van der Waals surface area contributed by atoms with Crippen molar-refractivity contribution in [3.8, 4) is 5.75 Å². The van der Waals surface area contributed by atoms with E-state index in [1.807, 2.05) is 48.5 Å². The molecule has 6 heteroatoms. The van der Waals surface area contributed by atoms with Crippen LogP contribution < -0.4 is 15.6 Å². The number of aliphatic imine (C=N–C) groups is 1.